The van der Waals surface area contributed by atoms with Crippen LogP contribution in [0.4, 0.5) is 0 Å². The van der Waals surface area contributed by atoms with E-state index < -0.39 is 0 Å². The summed E-state index contributed by atoms with van der Waals surface area (Å²) in [6.07, 6.45) is 15.0. The van der Waals surface area contributed by atoms with E-state index in [-0.39, 0.29) is 6.10 Å². The Labute approximate surface area is 188 Å². The lowest BCUT2D eigenvalue weighted by Gasteiger charge is -2.61. The van der Waals surface area contributed by atoms with Crippen molar-refractivity contribution < 1.29 is 5.11 Å². The molecule has 0 aromatic rings. The van der Waals surface area contributed by atoms with E-state index in [4.69, 9.17) is 0 Å². The molecule has 0 bridgehead atoms. The van der Waals surface area contributed by atoms with Crippen molar-refractivity contribution in [2.45, 2.75) is 125 Å². The van der Waals surface area contributed by atoms with E-state index in [9.17, 15) is 5.11 Å². The van der Waals surface area contributed by atoms with Gasteiger partial charge in [-0.3, -0.25) is 0 Å². The van der Waals surface area contributed by atoms with E-state index >= 15 is 0 Å². The molecule has 1 nitrogen and oxygen atoms in total. The van der Waals surface area contributed by atoms with Crippen LogP contribution in [0, 0.1) is 57.7 Å². The molecular formula is C29H52O. The molecule has 0 spiro atoms. The minimum atomic E-state index is -0.0136. The largest absolute Gasteiger partial charge is 0.393 e. The fourth-order valence-corrected chi connectivity index (χ4v) is 9.30. The lowest BCUT2D eigenvalue weighted by Crippen LogP contribution is -2.54. The summed E-state index contributed by atoms with van der Waals surface area (Å²) >= 11 is 0. The zero-order valence-electron chi connectivity index (χ0n) is 21.3. The molecule has 9 atom stereocenters. The normalized spacial score (nSPS) is 47.5. The smallest absolute Gasteiger partial charge is 0.0543 e. The Kier molecular flexibility index (Phi) is 6.22. The standard InChI is InChI=1S/C29H52O/c1-19(2)27(4,5)15-12-20(3)24-10-11-25-23-9-8-21-18-22(30)13-16-28(21,6)26(23)14-17-29(24,25)7/h19-26,30H,8-18H2,1-7H3/t20-,21?,22+,23+,24-,25+,26+,28+,29-/m1/s1. The SMILES string of the molecule is CC(C)C(C)(C)CC[C@@H](C)[C@H]1CC[C@H]2[C@@H]3CCC4C[C@@H](O)CC[C@]4(C)[C@H]3CC[C@]12C. The highest BCUT2D eigenvalue weighted by atomic mass is 16.3. The highest BCUT2D eigenvalue weighted by molar-refractivity contribution is 5.09. The van der Waals surface area contributed by atoms with Gasteiger partial charge >= 0.3 is 0 Å². The van der Waals surface area contributed by atoms with Gasteiger partial charge < -0.3 is 5.11 Å². The molecule has 0 aliphatic heterocycles. The maximum atomic E-state index is 10.3. The van der Waals surface area contributed by atoms with Crippen molar-refractivity contribution >= 4 is 0 Å². The highest BCUT2D eigenvalue weighted by Crippen LogP contribution is 2.68. The Bertz CT molecular complexity index is 607. The van der Waals surface area contributed by atoms with Gasteiger partial charge in [-0.05, 0) is 128 Å². The lowest BCUT2D eigenvalue weighted by molar-refractivity contribution is -0.129. The fraction of sp³-hybridized carbons (Fsp3) is 1.00. The molecule has 1 unspecified atom stereocenters. The Morgan fingerprint density at radius 3 is 2.23 bits per heavy atom. The molecule has 4 rings (SSSR count). The van der Waals surface area contributed by atoms with Crippen molar-refractivity contribution in [2.75, 3.05) is 0 Å². The molecule has 4 fully saturated rings. The summed E-state index contributed by atoms with van der Waals surface area (Å²) in [5, 5.41) is 10.3. The van der Waals surface area contributed by atoms with Gasteiger partial charge in [0, 0.05) is 0 Å². The van der Waals surface area contributed by atoms with Gasteiger partial charge in [0.1, 0.15) is 0 Å². The van der Waals surface area contributed by atoms with E-state index in [1.807, 2.05) is 0 Å². The summed E-state index contributed by atoms with van der Waals surface area (Å²) in [6.45, 7) is 17.7. The molecule has 1 N–H and O–H groups in total. The Morgan fingerprint density at radius 2 is 1.53 bits per heavy atom. The van der Waals surface area contributed by atoms with Gasteiger partial charge in [-0.25, -0.2) is 0 Å². The molecule has 0 aromatic carbocycles. The summed E-state index contributed by atoms with van der Waals surface area (Å²) in [5.41, 5.74) is 1.59. The third kappa shape index (κ3) is 3.72. The first kappa shape index (κ1) is 23.1. The molecule has 0 saturated heterocycles. The highest BCUT2D eigenvalue weighted by Gasteiger charge is 2.60. The van der Waals surface area contributed by atoms with E-state index in [1.165, 1.54) is 57.8 Å². The van der Waals surface area contributed by atoms with Crippen molar-refractivity contribution in [3.8, 4) is 0 Å². The van der Waals surface area contributed by atoms with Crippen LogP contribution < -0.4 is 0 Å². The predicted octanol–water partition coefficient (Wildman–Crippen LogP) is 8.10. The van der Waals surface area contributed by atoms with Gasteiger partial charge in [-0.15, -0.1) is 0 Å². The quantitative estimate of drug-likeness (QED) is 0.480. The van der Waals surface area contributed by atoms with Crippen LogP contribution in [-0.2, 0) is 0 Å². The molecule has 0 aromatic heterocycles. The number of rotatable bonds is 5. The number of hydrogen-bond acceptors (Lipinski definition) is 1. The lowest BCUT2D eigenvalue weighted by atomic mass is 9.44. The van der Waals surface area contributed by atoms with Crippen molar-refractivity contribution in [3.63, 3.8) is 0 Å². The second kappa shape index (κ2) is 8.07. The average Bonchev–Trinajstić information content (AvgIpc) is 3.04. The molecule has 4 aliphatic rings. The maximum Gasteiger partial charge on any atom is 0.0543 e. The topological polar surface area (TPSA) is 20.2 Å². The summed E-state index contributed by atoms with van der Waals surface area (Å²) in [5.74, 6) is 6.29. The van der Waals surface area contributed by atoms with Gasteiger partial charge in [-0.2, -0.15) is 0 Å². The van der Waals surface area contributed by atoms with Crippen LogP contribution >= 0.6 is 0 Å². The Hall–Kier alpha value is -0.0400. The van der Waals surface area contributed by atoms with Crippen LogP contribution in [0.15, 0.2) is 0 Å². The second-order valence-electron chi connectivity index (χ2n) is 14.0. The third-order valence-corrected chi connectivity index (χ3v) is 12.2. The second-order valence-corrected chi connectivity index (χ2v) is 14.0. The number of hydrogen-bond donors (Lipinski definition) is 1. The first-order chi connectivity index (χ1) is 14.0. The van der Waals surface area contributed by atoms with Crippen LogP contribution in [-0.4, -0.2) is 11.2 Å². The van der Waals surface area contributed by atoms with E-state index in [0.29, 0.717) is 16.2 Å². The van der Waals surface area contributed by atoms with Gasteiger partial charge in [0.25, 0.3) is 0 Å². The molecule has 4 aliphatic carbocycles. The van der Waals surface area contributed by atoms with E-state index in [1.54, 1.807) is 0 Å². The maximum absolute atomic E-state index is 10.3. The molecule has 1 heteroatoms. The molecule has 174 valence electrons. The van der Waals surface area contributed by atoms with Gasteiger partial charge in [0.15, 0.2) is 0 Å². The minimum Gasteiger partial charge on any atom is -0.393 e. The first-order valence-corrected chi connectivity index (χ1v) is 13.7. The van der Waals surface area contributed by atoms with Crippen LogP contribution in [0.5, 0.6) is 0 Å². The number of aliphatic hydroxyl groups is 1. The van der Waals surface area contributed by atoms with Gasteiger partial charge in [0.2, 0.25) is 0 Å². The molecule has 30 heavy (non-hydrogen) atoms. The molecule has 0 radical (unpaired) electrons. The zero-order valence-corrected chi connectivity index (χ0v) is 21.3. The molecular weight excluding hydrogens is 364 g/mol. The summed E-state index contributed by atoms with van der Waals surface area (Å²) in [6, 6.07) is 0. The number of aliphatic hydroxyl groups excluding tert-OH is 1. The molecule has 4 saturated carbocycles. The Balaban J connectivity index is 1.46. The van der Waals surface area contributed by atoms with E-state index in [2.05, 4.69) is 48.5 Å². The van der Waals surface area contributed by atoms with Crippen molar-refractivity contribution in [1.82, 2.24) is 0 Å². The fourth-order valence-electron chi connectivity index (χ4n) is 9.30. The van der Waals surface area contributed by atoms with Crippen LogP contribution in [0.3, 0.4) is 0 Å². The minimum absolute atomic E-state index is 0.0136. The molecule has 0 heterocycles. The first-order valence-electron chi connectivity index (χ1n) is 13.7. The zero-order chi connectivity index (χ0) is 21.9. The molecule has 0 amide bonds. The van der Waals surface area contributed by atoms with Crippen LogP contribution in [0.25, 0.3) is 0 Å². The van der Waals surface area contributed by atoms with E-state index in [0.717, 1.165) is 54.3 Å². The van der Waals surface area contributed by atoms with Crippen LogP contribution in [0.2, 0.25) is 0 Å². The monoisotopic (exact) mass is 416 g/mol. The third-order valence-electron chi connectivity index (χ3n) is 12.2. The summed E-state index contributed by atoms with van der Waals surface area (Å²) in [4.78, 5) is 0. The average molecular weight is 417 g/mol. The van der Waals surface area contributed by atoms with Crippen LogP contribution in [0.1, 0.15) is 119 Å². The number of fused-ring (bicyclic) bond motifs is 5. The van der Waals surface area contributed by atoms with Crippen molar-refractivity contribution in [3.05, 3.63) is 0 Å². The Morgan fingerprint density at radius 1 is 0.867 bits per heavy atom. The summed E-state index contributed by atoms with van der Waals surface area (Å²) < 4.78 is 0. The van der Waals surface area contributed by atoms with Gasteiger partial charge in [0.05, 0.1) is 6.10 Å². The van der Waals surface area contributed by atoms with Gasteiger partial charge in [-0.1, -0.05) is 48.5 Å². The van der Waals surface area contributed by atoms with Crippen molar-refractivity contribution in [2.24, 2.45) is 57.7 Å². The van der Waals surface area contributed by atoms with Crippen molar-refractivity contribution in [1.29, 1.82) is 0 Å². The predicted molar refractivity (Wildman–Crippen MR) is 128 cm³/mol. The summed E-state index contributed by atoms with van der Waals surface area (Å²) in [7, 11) is 0.